The van der Waals surface area contributed by atoms with Crippen molar-refractivity contribution in [2.75, 3.05) is 5.73 Å². The first-order valence-electron chi connectivity index (χ1n) is 6.81. The highest BCUT2D eigenvalue weighted by Gasteiger charge is 2.23. The molecule has 5 nitrogen and oxygen atoms in total. The summed E-state index contributed by atoms with van der Waals surface area (Å²) >= 11 is 0. The van der Waals surface area contributed by atoms with Gasteiger partial charge in [-0.1, -0.05) is 12.8 Å². The molecule has 1 fully saturated rings. The highest BCUT2D eigenvalue weighted by atomic mass is 16.1. The number of nitrogen functional groups attached to an aromatic ring is 1. The number of benzene rings is 1. The van der Waals surface area contributed by atoms with Crippen molar-refractivity contribution >= 4 is 5.69 Å². The second-order valence-electron chi connectivity index (χ2n) is 5.22. The lowest BCUT2D eigenvalue weighted by Gasteiger charge is -2.07. The van der Waals surface area contributed by atoms with Gasteiger partial charge in [-0.05, 0) is 37.1 Å². The van der Waals surface area contributed by atoms with Gasteiger partial charge >= 0.3 is 0 Å². The molecular formula is C15H16N4O. The SMILES string of the molecule is N#Cc1ccc(-n2[nH]c(C3CCCC3)c(N)c2=O)cc1. The van der Waals surface area contributed by atoms with Crippen LogP contribution in [0.5, 0.6) is 0 Å². The molecule has 0 unspecified atom stereocenters. The number of aromatic nitrogens is 2. The van der Waals surface area contributed by atoms with Gasteiger partial charge in [-0.15, -0.1) is 0 Å². The molecule has 0 amide bonds. The van der Waals surface area contributed by atoms with Crippen LogP contribution in [0.3, 0.4) is 0 Å². The predicted octanol–water partition coefficient (Wildman–Crippen LogP) is 2.28. The molecule has 1 aliphatic rings. The number of hydrogen-bond acceptors (Lipinski definition) is 3. The molecule has 20 heavy (non-hydrogen) atoms. The molecule has 102 valence electrons. The summed E-state index contributed by atoms with van der Waals surface area (Å²) in [7, 11) is 0. The van der Waals surface area contributed by atoms with E-state index in [0.29, 0.717) is 22.9 Å². The molecule has 3 N–H and O–H groups in total. The van der Waals surface area contributed by atoms with E-state index < -0.39 is 0 Å². The summed E-state index contributed by atoms with van der Waals surface area (Å²) in [5.41, 5.74) is 8.19. The van der Waals surface area contributed by atoms with Crippen LogP contribution in [-0.2, 0) is 0 Å². The van der Waals surface area contributed by atoms with Crippen LogP contribution in [0.4, 0.5) is 5.69 Å². The maximum atomic E-state index is 12.2. The van der Waals surface area contributed by atoms with Gasteiger partial charge in [-0.2, -0.15) is 5.26 Å². The van der Waals surface area contributed by atoms with Gasteiger partial charge in [0.2, 0.25) is 0 Å². The number of anilines is 1. The Morgan fingerprint density at radius 3 is 2.50 bits per heavy atom. The molecule has 0 radical (unpaired) electrons. The standard InChI is InChI=1S/C15H16N4O/c16-9-10-5-7-12(8-6-10)19-15(20)13(17)14(18-19)11-3-1-2-4-11/h5-8,11,18H,1-4,17H2. The fourth-order valence-electron chi connectivity index (χ4n) is 2.86. The summed E-state index contributed by atoms with van der Waals surface area (Å²) in [4.78, 5) is 12.2. The van der Waals surface area contributed by atoms with Crippen LogP contribution < -0.4 is 11.3 Å². The molecular weight excluding hydrogens is 252 g/mol. The molecule has 2 aromatic rings. The van der Waals surface area contributed by atoms with E-state index in [2.05, 4.69) is 11.2 Å². The van der Waals surface area contributed by atoms with Crippen molar-refractivity contribution in [3.8, 4) is 11.8 Å². The number of rotatable bonds is 2. The average Bonchev–Trinajstić information content (AvgIpc) is 3.10. The highest BCUT2D eigenvalue weighted by Crippen LogP contribution is 2.34. The lowest BCUT2D eigenvalue weighted by molar-refractivity contribution is 0.678. The molecule has 0 bridgehead atoms. The van der Waals surface area contributed by atoms with Gasteiger partial charge in [0.1, 0.15) is 5.69 Å². The van der Waals surface area contributed by atoms with E-state index in [1.807, 2.05) is 0 Å². The average molecular weight is 268 g/mol. The summed E-state index contributed by atoms with van der Waals surface area (Å²) < 4.78 is 1.46. The Bertz CT molecular complexity index is 712. The number of hydrogen-bond donors (Lipinski definition) is 2. The summed E-state index contributed by atoms with van der Waals surface area (Å²) in [6.45, 7) is 0. The molecule has 1 heterocycles. The first-order chi connectivity index (χ1) is 9.70. The van der Waals surface area contributed by atoms with Crippen LogP contribution in [-0.4, -0.2) is 9.78 Å². The van der Waals surface area contributed by atoms with Crippen molar-refractivity contribution in [1.82, 2.24) is 9.78 Å². The van der Waals surface area contributed by atoms with Gasteiger partial charge in [0, 0.05) is 5.92 Å². The second kappa shape index (κ2) is 4.89. The minimum Gasteiger partial charge on any atom is -0.393 e. The highest BCUT2D eigenvalue weighted by molar-refractivity contribution is 5.47. The van der Waals surface area contributed by atoms with Crippen LogP contribution in [0.25, 0.3) is 5.69 Å². The van der Waals surface area contributed by atoms with E-state index in [0.717, 1.165) is 18.5 Å². The molecule has 0 atom stereocenters. The fraction of sp³-hybridized carbons (Fsp3) is 0.333. The van der Waals surface area contributed by atoms with Gasteiger partial charge in [0.25, 0.3) is 5.56 Å². The van der Waals surface area contributed by atoms with E-state index in [9.17, 15) is 4.79 Å². The third-order valence-corrected chi connectivity index (χ3v) is 3.97. The Hall–Kier alpha value is -2.48. The Balaban J connectivity index is 2.03. The predicted molar refractivity (Wildman–Crippen MR) is 76.7 cm³/mol. The van der Waals surface area contributed by atoms with Gasteiger partial charge in [0.15, 0.2) is 0 Å². The number of H-pyrrole nitrogens is 1. The fourth-order valence-corrected chi connectivity index (χ4v) is 2.86. The zero-order chi connectivity index (χ0) is 14.1. The smallest absolute Gasteiger partial charge is 0.294 e. The number of nitrogens with zero attached hydrogens (tertiary/aromatic N) is 2. The lowest BCUT2D eigenvalue weighted by atomic mass is 10.0. The van der Waals surface area contributed by atoms with Crippen molar-refractivity contribution in [3.05, 3.63) is 45.9 Å². The third-order valence-electron chi connectivity index (χ3n) is 3.97. The van der Waals surface area contributed by atoms with Crippen LogP contribution in [0.2, 0.25) is 0 Å². The van der Waals surface area contributed by atoms with Crippen LogP contribution in [0.15, 0.2) is 29.1 Å². The van der Waals surface area contributed by atoms with E-state index in [4.69, 9.17) is 11.0 Å². The molecule has 1 saturated carbocycles. The number of aromatic amines is 1. The Morgan fingerprint density at radius 1 is 1.25 bits per heavy atom. The summed E-state index contributed by atoms with van der Waals surface area (Å²) in [6.07, 6.45) is 4.54. The van der Waals surface area contributed by atoms with E-state index >= 15 is 0 Å². The zero-order valence-electron chi connectivity index (χ0n) is 11.1. The number of nitrogens with two attached hydrogens (primary N) is 1. The summed E-state index contributed by atoms with van der Waals surface area (Å²) in [5, 5.41) is 11.9. The third kappa shape index (κ3) is 1.99. The van der Waals surface area contributed by atoms with Gasteiger partial charge in [-0.25, -0.2) is 4.68 Å². The first kappa shape index (κ1) is 12.5. The van der Waals surface area contributed by atoms with Gasteiger partial charge in [-0.3, -0.25) is 9.89 Å². The minimum absolute atomic E-state index is 0.211. The van der Waals surface area contributed by atoms with Crippen molar-refractivity contribution < 1.29 is 0 Å². The topological polar surface area (TPSA) is 87.6 Å². The van der Waals surface area contributed by atoms with Crippen molar-refractivity contribution in [1.29, 1.82) is 5.26 Å². The number of nitrogens with one attached hydrogen (secondary N) is 1. The van der Waals surface area contributed by atoms with E-state index in [-0.39, 0.29) is 5.56 Å². The Labute approximate surface area is 116 Å². The normalized spacial score (nSPS) is 15.3. The van der Waals surface area contributed by atoms with Crippen LogP contribution in [0, 0.1) is 11.3 Å². The Kier molecular flexibility index (Phi) is 3.07. The van der Waals surface area contributed by atoms with Crippen LogP contribution >= 0.6 is 0 Å². The maximum absolute atomic E-state index is 12.2. The molecule has 0 aliphatic heterocycles. The zero-order valence-corrected chi connectivity index (χ0v) is 11.1. The first-order valence-corrected chi connectivity index (χ1v) is 6.81. The second-order valence-corrected chi connectivity index (χ2v) is 5.22. The molecule has 1 aromatic carbocycles. The molecule has 3 rings (SSSR count). The quantitative estimate of drug-likeness (QED) is 0.875. The van der Waals surface area contributed by atoms with Crippen molar-refractivity contribution in [2.24, 2.45) is 0 Å². The Morgan fingerprint density at radius 2 is 1.90 bits per heavy atom. The van der Waals surface area contributed by atoms with Gasteiger partial charge < -0.3 is 5.73 Å². The van der Waals surface area contributed by atoms with Crippen molar-refractivity contribution in [2.45, 2.75) is 31.6 Å². The molecule has 1 aliphatic carbocycles. The lowest BCUT2D eigenvalue weighted by Crippen LogP contribution is -2.16. The largest absolute Gasteiger partial charge is 0.393 e. The van der Waals surface area contributed by atoms with Gasteiger partial charge in [0.05, 0.1) is 23.0 Å². The molecule has 0 spiro atoms. The monoisotopic (exact) mass is 268 g/mol. The maximum Gasteiger partial charge on any atom is 0.294 e. The van der Waals surface area contributed by atoms with Crippen LogP contribution in [0.1, 0.15) is 42.9 Å². The minimum atomic E-state index is -0.211. The van der Waals surface area contributed by atoms with Crippen molar-refractivity contribution in [3.63, 3.8) is 0 Å². The molecule has 0 saturated heterocycles. The van der Waals surface area contributed by atoms with E-state index in [1.54, 1.807) is 24.3 Å². The summed E-state index contributed by atoms with van der Waals surface area (Å²) in [6, 6.07) is 8.93. The molecule has 5 heteroatoms. The number of nitriles is 1. The molecule has 1 aromatic heterocycles. The summed E-state index contributed by atoms with van der Waals surface area (Å²) in [5.74, 6) is 0.363. The van der Waals surface area contributed by atoms with E-state index in [1.165, 1.54) is 17.5 Å².